The van der Waals surface area contributed by atoms with E-state index in [-0.39, 0.29) is 23.9 Å². The van der Waals surface area contributed by atoms with Crippen molar-refractivity contribution in [1.29, 1.82) is 0 Å². The number of nitrogens with two attached hydrogens (primary N) is 1. The molecule has 3 atom stereocenters. The Labute approximate surface area is 177 Å². The molecular formula is C22H39N3O3Si. The molecule has 1 saturated heterocycles. The fourth-order valence-electron chi connectivity index (χ4n) is 3.74. The molecule has 1 aliphatic heterocycles. The van der Waals surface area contributed by atoms with E-state index in [0.717, 1.165) is 12.2 Å². The van der Waals surface area contributed by atoms with Crippen LogP contribution in [0.15, 0.2) is 18.5 Å². The fourth-order valence-corrected chi connectivity index (χ4v) is 5.14. The summed E-state index contributed by atoms with van der Waals surface area (Å²) >= 11 is 0. The summed E-state index contributed by atoms with van der Waals surface area (Å²) in [4.78, 5) is 19.0. The number of ether oxygens (including phenoxy) is 1. The van der Waals surface area contributed by atoms with Crippen LogP contribution >= 0.6 is 0 Å². The van der Waals surface area contributed by atoms with Crippen molar-refractivity contribution in [3.63, 3.8) is 0 Å². The molecule has 2 rings (SSSR count). The molecule has 7 heteroatoms. The molecule has 2 N–H and O–H groups in total. The van der Waals surface area contributed by atoms with Gasteiger partial charge < -0.3 is 19.8 Å². The lowest BCUT2D eigenvalue weighted by Gasteiger charge is -2.47. The van der Waals surface area contributed by atoms with Crippen molar-refractivity contribution in [2.75, 3.05) is 23.7 Å². The van der Waals surface area contributed by atoms with Gasteiger partial charge in [0, 0.05) is 25.2 Å². The van der Waals surface area contributed by atoms with Crippen LogP contribution in [0.3, 0.4) is 0 Å². The first-order chi connectivity index (χ1) is 13.3. The van der Waals surface area contributed by atoms with E-state index in [1.165, 1.54) is 0 Å². The van der Waals surface area contributed by atoms with E-state index < -0.39 is 13.9 Å². The number of aromatic nitrogens is 1. The van der Waals surface area contributed by atoms with Crippen molar-refractivity contribution in [2.24, 2.45) is 11.8 Å². The summed E-state index contributed by atoms with van der Waals surface area (Å²) in [6, 6.07) is 1.95. The molecule has 0 saturated carbocycles. The maximum absolute atomic E-state index is 12.7. The molecule has 0 radical (unpaired) electrons. The molecule has 1 aliphatic rings. The van der Waals surface area contributed by atoms with Gasteiger partial charge >= 0.3 is 5.97 Å². The Balaban J connectivity index is 2.27. The van der Waals surface area contributed by atoms with Crippen LogP contribution in [0.5, 0.6) is 0 Å². The summed E-state index contributed by atoms with van der Waals surface area (Å²) in [5.41, 5.74) is 7.83. The predicted octanol–water partition coefficient (Wildman–Crippen LogP) is 4.47. The average molecular weight is 422 g/mol. The van der Waals surface area contributed by atoms with Gasteiger partial charge in [-0.25, -0.2) is 0 Å². The number of carbonyl (C=O) groups is 1. The number of carbonyl (C=O) groups excluding carboxylic acids is 1. The largest absolute Gasteiger partial charge is 0.460 e. The summed E-state index contributed by atoms with van der Waals surface area (Å²) in [6.07, 6.45) is 3.82. The Kier molecular flexibility index (Phi) is 7.38. The Morgan fingerprint density at radius 3 is 2.55 bits per heavy atom. The van der Waals surface area contributed by atoms with Gasteiger partial charge in [0.15, 0.2) is 8.32 Å². The zero-order valence-corrected chi connectivity index (χ0v) is 20.4. The van der Waals surface area contributed by atoms with Crippen LogP contribution in [0.25, 0.3) is 0 Å². The minimum absolute atomic E-state index is 0.0332. The minimum atomic E-state index is -1.87. The zero-order chi connectivity index (χ0) is 22.0. The Morgan fingerprint density at radius 1 is 1.34 bits per heavy atom. The van der Waals surface area contributed by atoms with Gasteiger partial charge in [0.1, 0.15) is 5.60 Å². The van der Waals surface area contributed by atoms with Crippen molar-refractivity contribution in [3.8, 4) is 0 Å². The standard InChI is InChI=1S/C22H39N3O3Si/c1-15(2)29(7,8)28-21-16(3)13-25(19-9-10-24-12-18(19)23)14-17(21)11-20(26)27-22(4,5)6/h9-10,12,15-17,21H,11,13-14,23H2,1-8H3/t16-,17+,21+/m0/s1. The summed E-state index contributed by atoms with van der Waals surface area (Å²) in [5.74, 6) is 0.151. The monoisotopic (exact) mass is 421 g/mol. The van der Waals surface area contributed by atoms with Crippen molar-refractivity contribution >= 4 is 25.7 Å². The molecule has 1 fully saturated rings. The van der Waals surface area contributed by atoms with Crippen LogP contribution in [0.1, 0.15) is 48.0 Å². The molecule has 0 aromatic carbocycles. The van der Waals surface area contributed by atoms with E-state index in [4.69, 9.17) is 14.9 Å². The first kappa shape index (κ1) is 23.7. The third kappa shape index (κ3) is 6.44. The van der Waals surface area contributed by atoms with Gasteiger partial charge in [0.2, 0.25) is 0 Å². The van der Waals surface area contributed by atoms with Gasteiger partial charge in [-0.3, -0.25) is 9.78 Å². The number of esters is 1. The Hall–Kier alpha value is -1.60. The van der Waals surface area contributed by atoms with Gasteiger partial charge in [-0.2, -0.15) is 0 Å². The molecule has 164 valence electrons. The number of hydrogen-bond acceptors (Lipinski definition) is 6. The summed E-state index contributed by atoms with van der Waals surface area (Å²) in [6.45, 7) is 18.5. The molecule has 1 aromatic rings. The van der Waals surface area contributed by atoms with Gasteiger partial charge in [0.25, 0.3) is 0 Å². The first-order valence-electron chi connectivity index (χ1n) is 10.6. The van der Waals surface area contributed by atoms with Gasteiger partial charge in [0.05, 0.1) is 30.1 Å². The summed E-state index contributed by atoms with van der Waals surface area (Å²) < 4.78 is 12.4. The second-order valence-electron chi connectivity index (χ2n) is 10.2. The second-order valence-corrected chi connectivity index (χ2v) is 14.8. The topological polar surface area (TPSA) is 77.7 Å². The van der Waals surface area contributed by atoms with Crippen molar-refractivity contribution in [3.05, 3.63) is 18.5 Å². The smallest absolute Gasteiger partial charge is 0.306 e. The fraction of sp³-hybridized carbons (Fsp3) is 0.727. The van der Waals surface area contributed by atoms with Crippen LogP contribution in [0, 0.1) is 11.8 Å². The number of nitrogen functional groups attached to an aromatic ring is 1. The maximum atomic E-state index is 12.7. The predicted molar refractivity (Wildman–Crippen MR) is 121 cm³/mol. The van der Waals surface area contributed by atoms with Gasteiger partial charge in [-0.1, -0.05) is 20.8 Å². The minimum Gasteiger partial charge on any atom is -0.460 e. The van der Waals surface area contributed by atoms with Crippen LogP contribution in [0.2, 0.25) is 18.6 Å². The SMILES string of the molecule is CC(C)[Si](C)(C)O[C@H]1[C@H](CC(=O)OC(C)(C)C)CN(c2ccncc2N)C[C@@H]1C. The number of hydrogen-bond donors (Lipinski definition) is 1. The van der Waals surface area contributed by atoms with E-state index in [1.807, 2.05) is 26.8 Å². The van der Waals surface area contributed by atoms with E-state index >= 15 is 0 Å². The van der Waals surface area contributed by atoms with E-state index in [0.29, 0.717) is 24.2 Å². The quantitative estimate of drug-likeness (QED) is 0.539. The number of nitrogens with zero attached hydrogens (tertiary/aromatic N) is 2. The molecular weight excluding hydrogens is 382 g/mol. The molecule has 0 spiro atoms. The molecule has 0 amide bonds. The number of piperidine rings is 1. The second kappa shape index (κ2) is 9.04. The van der Waals surface area contributed by atoms with Crippen molar-refractivity contribution in [1.82, 2.24) is 4.98 Å². The van der Waals surface area contributed by atoms with Crippen molar-refractivity contribution in [2.45, 2.75) is 78.3 Å². The number of anilines is 2. The summed E-state index contributed by atoms with van der Waals surface area (Å²) in [5, 5.41) is 0. The van der Waals surface area contributed by atoms with E-state index in [9.17, 15) is 4.79 Å². The summed E-state index contributed by atoms with van der Waals surface area (Å²) in [7, 11) is -1.87. The highest BCUT2D eigenvalue weighted by Gasteiger charge is 2.42. The molecule has 29 heavy (non-hydrogen) atoms. The lowest BCUT2D eigenvalue weighted by atomic mass is 9.84. The molecule has 0 bridgehead atoms. The Bertz CT molecular complexity index is 703. The molecule has 1 aromatic heterocycles. The highest BCUT2D eigenvalue weighted by molar-refractivity contribution is 6.72. The van der Waals surface area contributed by atoms with Gasteiger partial charge in [-0.05, 0) is 51.4 Å². The van der Waals surface area contributed by atoms with Crippen LogP contribution in [0.4, 0.5) is 11.4 Å². The normalized spacial score (nSPS) is 23.3. The molecule has 6 nitrogen and oxygen atoms in total. The van der Waals surface area contributed by atoms with Crippen LogP contribution < -0.4 is 10.6 Å². The third-order valence-electron chi connectivity index (χ3n) is 5.84. The third-order valence-corrected chi connectivity index (χ3v) is 9.50. The zero-order valence-electron chi connectivity index (χ0n) is 19.4. The highest BCUT2D eigenvalue weighted by Crippen LogP contribution is 2.36. The molecule has 0 aliphatic carbocycles. The van der Waals surface area contributed by atoms with Gasteiger partial charge in [-0.15, -0.1) is 0 Å². The molecule has 2 heterocycles. The lowest BCUT2D eigenvalue weighted by Crippen LogP contribution is -2.54. The highest BCUT2D eigenvalue weighted by atomic mass is 28.4. The lowest BCUT2D eigenvalue weighted by molar-refractivity contribution is -0.157. The first-order valence-corrected chi connectivity index (χ1v) is 13.6. The van der Waals surface area contributed by atoms with Crippen LogP contribution in [-0.2, 0) is 14.0 Å². The number of rotatable bonds is 6. The number of pyridine rings is 1. The average Bonchev–Trinajstić information content (AvgIpc) is 2.56. The Morgan fingerprint density at radius 2 is 2.00 bits per heavy atom. The molecule has 0 unspecified atom stereocenters. The van der Waals surface area contributed by atoms with Crippen molar-refractivity contribution < 1.29 is 14.0 Å². The maximum Gasteiger partial charge on any atom is 0.306 e. The van der Waals surface area contributed by atoms with E-state index in [1.54, 1.807) is 12.4 Å². The van der Waals surface area contributed by atoms with Crippen LogP contribution in [-0.4, -0.2) is 44.1 Å². The van der Waals surface area contributed by atoms with E-state index in [2.05, 4.69) is 43.7 Å².